The molecule has 0 spiro atoms. The molecule has 0 atom stereocenters. The third-order valence-corrected chi connectivity index (χ3v) is 5.68. The van der Waals surface area contributed by atoms with Crippen LogP contribution in [0.1, 0.15) is 39.5 Å². The second-order valence-electron chi connectivity index (χ2n) is 4.25. The molecule has 0 saturated carbocycles. The first kappa shape index (κ1) is 16.4. The van der Waals surface area contributed by atoms with Gasteiger partial charge in [0.25, 0.3) is 0 Å². The molecule has 1 radical (unpaired) electrons. The summed E-state index contributed by atoms with van der Waals surface area (Å²) in [5.74, 6) is 0.659. The van der Waals surface area contributed by atoms with Crippen LogP contribution < -0.4 is 0 Å². The molecule has 0 heterocycles. The van der Waals surface area contributed by atoms with Gasteiger partial charge in [0.15, 0.2) is 19.5 Å². The molecule has 16 heavy (non-hydrogen) atoms. The molecule has 0 aliphatic rings. The third kappa shape index (κ3) is 12.4. The predicted octanol–water partition coefficient (Wildman–Crippen LogP) is 2.07. The van der Waals surface area contributed by atoms with Gasteiger partial charge in [-0.2, -0.15) is 0 Å². The first-order valence-electron chi connectivity index (χ1n) is 6.79. The summed E-state index contributed by atoms with van der Waals surface area (Å²) in [6.07, 6.45) is 5.22. The van der Waals surface area contributed by atoms with Crippen molar-refractivity contribution in [3.8, 4) is 0 Å². The molecule has 2 nitrogen and oxygen atoms in total. The molecule has 97 valence electrons. The van der Waals surface area contributed by atoms with E-state index in [1.807, 2.05) is 0 Å². The quantitative estimate of drug-likeness (QED) is 0.395. The van der Waals surface area contributed by atoms with E-state index in [0.29, 0.717) is 5.92 Å². The lowest BCUT2D eigenvalue weighted by Crippen LogP contribution is -2.02. The molecule has 0 unspecified atom stereocenters. The van der Waals surface area contributed by atoms with E-state index in [4.69, 9.17) is 8.85 Å². The molecule has 0 saturated heterocycles. The Morgan fingerprint density at radius 1 is 0.938 bits per heavy atom. The van der Waals surface area contributed by atoms with Crippen LogP contribution in [0.3, 0.4) is 0 Å². The standard InChI is InChI=1S/C12H29O2Si2/c1-4-13-15-10-6-8-12(3)9-7-11-16-14-5-2/h12H,3-11,15-16H2,1-2H3. The second-order valence-corrected chi connectivity index (χ2v) is 7.30. The average molecular weight is 262 g/mol. The lowest BCUT2D eigenvalue weighted by Gasteiger charge is -2.10. The van der Waals surface area contributed by atoms with Crippen LogP contribution in [0.15, 0.2) is 0 Å². The summed E-state index contributed by atoms with van der Waals surface area (Å²) < 4.78 is 10.9. The van der Waals surface area contributed by atoms with Gasteiger partial charge < -0.3 is 8.85 Å². The fourth-order valence-electron chi connectivity index (χ4n) is 1.71. The van der Waals surface area contributed by atoms with Crippen LogP contribution in [-0.2, 0) is 8.85 Å². The van der Waals surface area contributed by atoms with E-state index in [2.05, 4.69) is 20.8 Å². The van der Waals surface area contributed by atoms with Crippen LogP contribution in [0.5, 0.6) is 0 Å². The Balaban J connectivity index is 3.09. The molecule has 4 heteroatoms. The van der Waals surface area contributed by atoms with Crippen LogP contribution in [0, 0.1) is 12.8 Å². The van der Waals surface area contributed by atoms with Crippen molar-refractivity contribution < 1.29 is 8.85 Å². The highest BCUT2D eigenvalue weighted by molar-refractivity contribution is 6.27. The Hall–Kier alpha value is 0.354. The van der Waals surface area contributed by atoms with Gasteiger partial charge in [-0.15, -0.1) is 0 Å². The zero-order valence-corrected chi connectivity index (χ0v) is 14.0. The number of rotatable bonds is 12. The maximum atomic E-state index is 5.45. The van der Waals surface area contributed by atoms with Gasteiger partial charge in [0, 0.05) is 13.2 Å². The van der Waals surface area contributed by atoms with E-state index < -0.39 is 0 Å². The van der Waals surface area contributed by atoms with Crippen molar-refractivity contribution in [2.24, 2.45) is 5.92 Å². The van der Waals surface area contributed by atoms with E-state index in [-0.39, 0.29) is 19.5 Å². The van der Waals surface area contributed by atoms with Gasteiger partial charge in [0.2, 0.25) is 0 Å². The van der Waals surface area contributed by atoms with Crippen molar-refractivity contribution in [2.45, 2.75) is 51.6 Å². The normalized spacial score (nSPS) is 14.4. The van der Waals surface area contributed by atoms with Crippen LogP contribution >= 0.6 is 0 Å². The Morgan fingerprint density at radius 3 is 1.75 bits per heavy atom. The molecule has 0 aromatic carbocycles. The molecule has 0 bridgehead atoms. The Bertz CT molecular complexity index is 120. The summed E-state index contributed by atoms with van der Waals surface area (Å²) in [7, 11) is -0.406. The lowest BCUT2D eigenvalue weighted by molar-refractivity contribution is 0.356. The molecule has 0 aromatic rings. The molecule has 0 aromatic heterocycles. The topological polar surface area (TPSA) is 18.5 Å². The first-order chi connectivity index (χ1) is 7.81. The Labute approximate surface area is 106 Å². The average Bonchev–Trinajstić information content (AvgIpc) is 2.28. The molecule has 0 N–H and O–H groups in total. The highest BCUT2D eigenvalue weighted by Gasteiger charge is 2.02. The van der Waals surface area contributed by atoms with Crippen molar-refractivity contribution in [1.29, 1.82) is 0 Å². The van der Waals surface area contributed by atoms with Gasteiger partial charge in [-0.1, -0.05) is 32.6 Å². The van der Waals surface area contributed by atoms with Gasteiger partial charge in [-0.05, 0) is 31.9 Å². The minimum Gasteiger partial charge on any atom is -0.424 e. The van der Waals surface area contributed by atoms with Crippen LogP contribution in [0.4, 0.5) is 0 Å². The summed E-state index contributed by atoms with van der Waals surface area (Å²) in [6.45, 7) is 10.2. The zero-order valence-electron chi connectivity index (χ0n) is 11.2. The third-order valence-electron chi connectivity index (χ3n) is 2.71. The van der Waals surface area contributed by atoms with E-state index in [0.717, 1.165) is 13.2 Å². The Morgan fingerprint density at radius 2 is 1.38 bits per heavy atom. The summed E-state index contributed by atoms with van der Waals surface area (Å²) in [5.41, 5.74) is 0. The van der Waals surface area contributed by atoms with Crippen molar-refractivity contribution >= 4 is 19.5 Å². The zero-order chi connectivity index (χ0) is 12.1. The molecule has 0 aliphatic heterocycles. The van der Waals surface area contributed by atoms with Crippen molar-refractivity contribution in [2.75, 3.05) is 13.2 Å². The molecular weight excluding hydrogens is 232 g/mol. The van der Waals surface area contributed by atoms with E-state index in [9.17, 15) is 0 Å². The van der Waals surface area contributed by atoms with E-state index in [1.54, 1.807) is 0 Å². The van der Waals surface area contributed by atoms with E-state index in [1.165, 1.54) is 37.8 Å². The first-order valence-corrected chi connectivity index (χ1v) is 9.95. The fraction of sp³-hybridized carbons (Fsp3) is 0.917. The number of hydrogen-bond donors (Lipinski definition) is 0. The minimum atomic E-state index is -0.203. The summed E-state index contributed by atoms with van der Waals surface area (Å²) in [6, 6.07) is 2.65. The number of hydrogen-bond acceptors (Lipinski definition) is 2. The van der Waals surface area contributed by atoms with E-state index >= 15 is 0 Å². The highest BCUT2D eigenvalue weighted by Crippen LogP contribution is 2.14. The van der Waals surface area contributed by atoms with Crippen LogP contribution in [-0.4, -0.2) is 32.7 Å². The van der Waals surface area contributed by atoms with Crippen LogP contribution in [0.25, 0.3) is 0 Å². The van der Waals surface area contributed by atoms with Gasteiger partial charge >= 0.3 is 0 Å². The fourth-order valence-corrected chi connectivity index (χ4v) is 3.68. The van der Waals surface area contributed by atoms with Gasteiger partial charge in [0.1, 0.15) is 0 Å². The summed E-state index contributed by atoms with van der Waals surface area (Å²) in [4.78, 5) is 0. The van der Waals surface area contributed by atoms with Crippen LogP contribution in [0.2, 0.25) is 12.1 Å². The predicted molar refractivity (Wildman–Crippen MR) is 77.3 cm³/mol. The SMILES string of the molecule is [CH2]C(CCC[SiH2]OCC)CCC[SiH2]OCC. The van der Waals surface area contributed by atoms with Gasteiger partial charge in [0.05, 0.1) is 0 Å². The molecular formula is C12H29O2Si2. The Kier molecular flexibility index (Phi) is 13.7. The van der Waals surface area contributed by atoms with Crippen molar-refractivity contribution in [3.05, 3.63) is 6.92 Å². The van der Waals surface area contributed by atoms with Gasteiger partial charge in [-0.3, -0.25) is 0 Å². The molecule has 0 amide bonds. The largest absolute Gasteiger partial charge is 0.424 e. The second kappa shape index (κ2) is 13.4. The molecule has 0 aliphatic carbocycles. The lowest BCUT2D eigenvalue weighted by atomic mass is 10.0. The smallest absolute Gasteiger partial charge is 0.161 e. The van der Waals surface area contributed by atoms with Crippen molar-refractivity contribution in [1.82, 2.24) is 0 Å². The van der Waals surface area contributed by atoms with Crippen molar-refractivity contribution in [3.63, 3.8) is 0 Å². The maximum absolute atomic E-state index is 5.45. The minimum absolute atomic E-state index is 0.203. The summed E-state index contributed by atoms with van der Waals surface area (Å²) in [5, 5.41) is 0. The molecule has 0 rings (SSSR count). The van der Waals surface area contributed by atoms with Gasteiger partial charge in [-0.25, -0.2) is 0 Å². The monoisotopic (exact) mass is 261 g/mol. The maximum Gasteiger partial charge on any atom is 0.161 e. The highest BCUT2D eigenvalue weighted by atomic mass is 28.2. The molecule has 0 fully saturated rings. The summed E-state index contributed by atoms with van der Waals surface area (Å²) >= 11 is 0.